The zero-order chi connectivity index (χ0) is 21.8. The van der Waals surface area contributed by atoms with Gasteiger partial charge in [0.2, 0.25) is 5.91 Å². The Bertz CT molecular complexity index is 1130. The van der Waals surface area contributed by atoms with Crippen molar-refractivity contribution >= 4 is 34.3 Å². The number of aromatic nitrogens is 2. The Kier molecular flexibility index (Phi) is 6.40. The Morgan fingerprint density at radius 1 is 1.19 bits per heavy atom. The highest BCUT2D eigenvalue weighted by Gasteiger charge is 2.19. The molecule has 160 valence electrons. The maximum atomic E-state index is 11.5. The Balaban J connectivity index is 1.62. The lowest BCUT2D eigenvalue weighted by molar-refractivity contribution is -0.385. The van der Waals surface area contributed by atoms with Crippen LogP contribution in [-0.2, 0) is 17.0 Å². The van der Waals surface area contributed by atoms with E-state index in [0.717, 1.165) is 29.0 Å². The zero-order valence-corrected chi connectivity index (χ0v) is 17.5. The van der Waals surface area contributed by atoms with Gasteiger partial charge in [0.05, 0.1) is 30.2 Å². The Morgan fingerprint density at radius 3 is 2.71 bits per heavy atom. The van der Waals surface area contributed by atoms with Crippen LogP contribution in [0.25, 0.3) is 10.9 Å². The van der Waals surface area contributed by atoms with Gasteiger partial charge in [-0.2, -0.15) is 0 Å². The number of carbonyl (C=O) groups is 1. The van der Waals surface area contributed by atoms with E-state index in [0.29, 0.717) is 36.9 Å². The number of morpholine rings is 1. The van der Waals surface area contributed by atoms with E-state index in [1.807, 2.05) is 24.3 Å². The molecule has 0 spiro atoms. The molecular formula is C21H21N5O4S. The number of fused-ring (bicyclic) bond motifs is 1. The Hall–Kier alpha value is -3.08. The summed E-state index contributed by atoms with van der Waals surface area (Å²) in [6.45, 7) is 3.67. The summed E-state index contributed by atoms with van der Waals surface area (Å²) in [7, 11) is 0. The summed E-state index contributed by atoms with van der Waals surface area (Å²) in [5.74, 6) is 0.339. The molecule has 0 atom stereocenters. The number of primary amides is 1. The number of nitro groups is 1. The summed E-state index contributed by atoms with van der Waals surface area (Å²) in [5, 5.41) is 13.2. The Labute approximate surface area is 182 Å². The van der Waals surface area contributed by atoms with Gasteiger partial charge in [-0.1, -0.05) is 24.3 Å². The lowest BCUT2D eigenvalue weighted by atomic mass is 10.1. The highest BCUT2D eigenvalue weighted by atomic mass is 32.2. The zero-order valence-electron chi connectivity index (χ0n) is 16.7. The summed E-state index contributed by atoms with van der Waals surface area (Å²) in [4.78, 5) is 34.1. The van der Waals surface area contributed by atoms with Crippen LogP contribution in [0.2, 0.25) is 0 Å². The van der Waals surface area contributed by atoms with Crippen molar-refractivity contribution in [3.63, 3.8) is 0 Å². The number of benzene rings is 2. The lowest BCUT2D eigenvalue weighted by Crippen LogP contribution is -2.36. The van der Waals surface area contributed by atoms with Crippen LogP contribution in [0.4, 0.5) is 5.69 Å². The third kappa shape index (κ3) is 4.98. The smallest absolute Gasteiger partial charge is 0.274 e. The molecule has 2 heterocycles. The number of carbonyl (C=O) groups excluding carboxylic acids is 1. The maximum Gasteiger partial charge on any atom is 0.274 e. The van der Waals surface area contributed by atoms with Crippen LogP contribution in [0.3, 0.4) is 0 Å². The monoisotopic (exact) mass is 439 g/mol. The normalized spacial score (nSPS) is 14.6. The van der Waals surface area contributed by atoms with Crippen molar-refractivity contribution in [2.75, 3.05) is 26.3 Å². The Morgan fingerprint density at radius 2 is 1.97 bits per heavy atom. The van der Waals surface area contributed by atoms with Gasteiger partial charge in [-0.25, -0.2) is 9.97 Å². The molecule has 0 radical (unpaired) electrons. The topological polar surface area (TPSA) is 124 Å². The number of nitrogens with zero attached hydrogens (tertiary/aromatic N) is 4. The molecule has 31 heavy (non-hydrogen) atoms. The molecule has 0 bridgehead atoms. The third-order valence-corrected chi connectivity index (χ3v) is 6.05. The molecule has 1 aliphatic heterocycles. The van der Waals surface area contributed by atoms with Gasteiger partial charge in [-0.3, -0.25) is 19.8 Å². The van der Waals surface area contributed by atoms with Crippen LogP contribution in [0.5, 0.6) is 0 Å². The number of nitrogens with two attached hydrogens (primary N) is 1. The average Bonchev–Trinajstić information content (AvgIpc) is 2.78. The van der Waals surface area contributed by atoms with Crippen molar-refractivity contribution in [2.45, 2.75) is 17.3 Å². The van der Waals surface area contributed by atoms with Gasteiger partial charge in [-0.15, -0.1) is 11.8 Å². The number of ether oxygens (including phenoxy) is 1. The van der Waals surface area contributed by atoms with E-state index in [1.165, 1.54) is 23.9 Å². The highest BCUT2D eigenvalue weighted by molar-refractivity contribution is 7.98. The molecule has 0 saturated carbocycles. The van der Waals surface area contributed by atoms with Crippen molar-refractivity contribution in [1.29, 1.82) is 0 Å². The second-order valence-electron chi connectivity index (χ2n) is 7.10. The number of thioether (sulfide) groups is 1. The number of amides is 1. The first-order valence-corrected chi connectivity index (χ1v) is 10.8. The first-order chi connectivity index (χ1) is 15.0. The molecule has 9 nitrogen and oxygen atoms in total. The number of rotatable bonds is 7. The summed E-state index contributed by atoms with van der Waals surface area (Å²) >= 11 is 1.41. The SMILES string of the molecule is NC(=O)c1ccc(CSc2nc(CN3CCOCC3)nc3ccccc23)c([N+](=O)[O-])c1. The lowest BCUT2D eigenvalue weighted by Gasteiger charge is -2.25. The van der Waals surface area contributed by atoms with Gasteiger partial charge < -0.3 is 10.5 Å². The van der Waals surface area contributed by atoms with Crippen LogP contribution in [0, 0.1) is 10.1 Å². The minimum atomic E-state index is -0.697. The van der Waals surface area contributed by atoms with Crippen molar-refractivity contribution in [3.8, 4) is 0 Å². The summed E-state index contributed by atoms with van der Waals surface area (Å²) in [5.41, 5.74) is 6.57. The predicted molar refractivity (Wildman–Crippen MR) is 117 cm³/mol. The van der Waals surface area contributed by atoms with Crippen molar-refractivity contribution in [1.82, 2.24) is 14.9 Å². The van der Waals surface area contributed by atoms with E-state index in [-0.39, 0.29) is 11.3 Å². The first kappa shape index (κ1) is 21.2. The second kappa shape index (κ2) is 9.38. The van der Waals surface area contributed by atoms with Gasteiger partial charge in [0.25, 0.3) is 5.69 Å². The van der Waals surface area contributed by atoms with Crippen molar-refractivity contribution in [2.24, 2.45) is 5.73 Å². The van der Waals surface area contributed by atoms with Gasteiger partial charge in [0.1, 0.15) is 10.9 Å². The number of hydrogen-bond donors (Lipinski definition) is 1. The van der Waals surface area contributed by atoms with Crippen LogP contribution >= 0.6 is 11.8 Å². The minimum absolute atomic E-state index is 0.112. The summed E-state index contributed by atoms with van der Waals surface area (Å²) in [6.07, 6.45) is 0. The van der Waals surface area contributed by atoms with E-state index in [2.05, 4.69) is 4.90 Å². The highest BCUT2D eigenvalue weighted by Crippen LogP contribution is 2.31. The molecule has 0 aliphatic carbocycles. The van der Waals surface area contributed by atoms with Gasteiger partial charge in [0.15, 0.2) is 0 Å². The van der Waals surface area contributed by atoms with E-state index in [4.69, 9.17) is 20.4 Å². The molecule has 10 heteroatoms. The fraction of sp³-hybridized carbons (Fsp3) is 0.286. The minimum Gasteiger partial charge on any atom is -0.379 e. The molecule has 3 aromatic rings. The standard InChI is InChI=1S/C21H21N5O4S/c22-20(27)14-5-6-15(18(11-14)26(28)29)13-31-21-16-3-1-2-4-17(16)23-19(24-21)12-25-7-9-30-10-8-25/h1-6,11H,7-10,12-13H2,(H2,22,27). The quantitative estimate of drug-likeness (QED) is 0.258. The maximum absolute atomic E-state index is 11.5. The first-order valence-electron chi connectivity index (χ1n) is 9.77. The van der Waals surface area contributed by atoms with Crippen molar-refractivity contribution < 1.29 is 14.5 Å². The van der Waals surface area contributed by atoms with Crippen LogP contribution in [-0.4, -0.2) is 52.0 Å². The van der Waals surface area contributed by atoms with Gasteiger partial charge >= 0.3 is 0 Å². The molecule has 1 fully saturated rings. The average molecular weight is 439 g/mol. The third-order valence-electron chi connectivity index (χ3n) is 5.01. The van der Waals surface area contributed by atoms with E-state index < -0.39 is 10.8 Å². The molecule has 4 rings (SSSR count). The van der Waals surface area contributed by atoms with Crippen molar-refractivity contribution in [3.05, 3.63) is 69.5 Å². The fourth-order valence-corrected chi connectivity index (χ4v) is 4.42. The summed E-state index contributed by atoms with van der Waals surface area (Å²) < 4.78 is 5.40. The fourth-order valence-electron chi connectivity index (χ4n) is 3.39. The molecule has 1 saturated heterocycles. The number of hydrogen-bond acceptors (Lipinski definition) is 8. The van der Waals surface area contributed by atoms with Gasteiger partial charge in [0, 0.05) is 41.4 Å². The molecule has 0 unspecified atom stereocenters. The number of para-hydroxylation sites is 1. The molecule has 2 N–H and O–H groups in total. The molecule has 1 aromatic heterocycles. The van der Waals surface area contributed by atoms with E-state index >= 15 is 0 Å². The molecule has 1 amide bonds. The van der Waals surface area contributed by atoms with Gasteiger partial charge in [-0.05, 0) is 12.1 Å². The van der Waals surface area contributed by atoms with Crippen LogP contribution in [0.15, 0.2) is 47.5 Å². The van der Waals surface area contributed by atoms with Crippen LogP contribution < -0.4 is 5.73 Å². The van der Waals surface area contributed by atoms with E-state index in [1.54, 1.807) is 6.07 Å². The number of nitro benzene ring substituents is 1. The molecular weight excluding hydrogens is 418 g/mol. The summed E-state index contributed by atoms with van der Waals surface area (Å²) in [6, 6.07) is 12.0. The molecule has 1 aliphatic rings. The van der Waals surface area contributed by atoms with E-state index in [9.17, 15) is 14.9 Å². The molecule has 2 aromatic carbocycles. The van der Waals surface area contributed by atoms with Crippen LogP contribution in [0.1, 0.15) is 21.7 Å². The largest absolute Gasteiger partial charge is 0.379 e. The second-order valence-corrected chi connectivity index (χ2v) is 8.07. The predicted octanol–water partition coefficient (Wildman–Crippen LogP) is 2.76.